The van der Waals surface area contributed by atoms with E-state index in [1.165, 1.54) is 12.8 Å². The van der Waals surface area contributed by atoms with Crippen molar-refractivity contribution in [1.82, 2.24) is 0 Å². The Morgan fingerprint density at radius 1 is 1.33 bits per heavy atom. The van der Waals surface area contributed by atoms with Gasteiger partial charge in [0.15, 0.2) is 5.78 Å². The standard InChI is InChI=1S/C15H24N2O/c1-4-12(5-2)10-17-14-8-6-7-13(9-14)15(18)11(3)16/h6-9,11-12,17H,4-5,10,16H2,1-3H3. The number of carbonyl (C=O) groups is 1. The molecule has 0 saturated carbocycles. The summed E-state index contributed by atoms with van der Waals surface area (Å²) in [6.07, 6.45) is 2.34. The van der Waals surface area contributed by atoms with Crippen LogP contribution in [0.2, 0.25) is 0 Å². The van der Waals surface area contributed by atoms with Crippen LogP contribution in [0.1, 0.15) is 44.0 Å². The van der Waals surface area contributed by atoms with E-state index in [1.807, 2.05) is 24.3 Å². The van der Waals surface area contributed by atoms with Gasteiger partial charge in [0.25, 0.3) is 0 Å². The molecule has 0 aliphatic rings. The van der Waals surface area contributed by atoms with Crippen molar-refractivity contribution in [3.05, 3.63) is 29.8 Å². The molecular formula is C15H24N2O. The predicted octanol–water partition coefficient (Wildman–Crippen LogP) is 3.06. The smallest absolute Gasteiger partial charge is 0.179 e. The van der Waals surface area contributed by atoms with Gasteiger partial charge in [-0.25, -0.2) is 0 Å². The van der Waals surface area contributed by atoms with E-state index >= 15 is 0 Å². The van der Waals surface area contributed by atoms with Crippen molar-refractivity contribution in [3.63, 3.8) is 0 Å². The Hall–Kier alpha value is -1.35. The van der Waals surface area contributed by atoms with Crippen LogP contribution < -0.4 is 11.1 Å². The Morgan fingerprint density at radius 3 is 2.56 bits per heavy atom. The zero-order valence-electron chi connectivity index (χ0n) is 11.6. The Morgan fingerprint density at radius 2 is 2.00 bits per heavy atom. The maximum Gasteiger partial charge on any atom is 0.179 e. The summed E-state index contributed by atoms with van der Waals surface area (Å²) >= 11 is 0. The molecule has 0 aliphatic carbocycles. The number of benzene rings is 1. The van der Waals surface area contributed by atoms with Crippen molar-refractivity contribution in [2.24, 2.45) is 11.7 Å². The first kappa shape index (κ1) is 14.7. The molecule has 3 N–H and O–H groups in total. The molecule has 1 aromatic carbocycles. The van der Waals surface area contributed by atoms with Crippen LogP contribution in [0, 0.1) is 5.92 Å². The molecule has 0 aliphatic heterocycles. The third-order valence-electron chi connectivity index (χ3n) is 3.31. The van der Waals surface area contributed by atoms with Crippen LogP contribution in [0.3, 0.4) is 0 Å². The normalized spacial score (nSPS) is 12.5. The largest absolute Gasteiger partial charge is 0.385 e. The van der Waals surface area contributed by atoms with Crippen LogP contribution in [-0.2, 0) is 0 Å². The van der Waals surface area contributed by atoms with Gasteiger partial charge >= 0.3 is 0 Å². The lowest BCUT2D eigenvalue weighted by atomic mass is 10.0. The minimum Gasteiger partial charge on any atom is -0.385 e. The minimum absolute atomic E-state index is 0.0128. The molecule has 0 aromatic heterocycles. The van der Waals surface area contributed by atoms with Crippen molar-refractivity contribution in [3.8, 4) is 0 Å². The molecule has 100 valence electrons. The number of rotatable bonds is 7. The quantitative estimate of drug-likeness (QED) is 0.729. The topological polar surface area (TPSA) is 55.1 Å². The molecule has 0 bridgehead atoms. The molecule has 18 heavy (non-hydrogen) atoms. The number of hydrogen-bond acceptors (Lipinski definition) is 3. The lowest BCUT2D eigenvalue weighted by molar-refractivity contribution is 0.0968. The number of ketones is 1. The maximum absolute atomic E-state index is 11.8. The number of Topliss-reactive ketones (excluding diaryl/α,β-unsaturated/α-hetero) is 1. The van der Waals surface area contributed by atoms with E-state index < -0.39 is 6.04 Å². The van der Waals surface area contributed by atoms with Crippen LogP contribution in [0.5, 0.6) is 0 Å². The van der Waals surface area contributed by atoms with Crippen molar-refractivity contribution >= 4 is 11.5 Å². The summed E-state index contributed by atoms with van der Waals surface area (Å²) in [6.45, 7) is 7.06. The fraction of sp³-hybridized carbons (Fsp3) is 0.533. The SMILES string of the molecule is CCC(CC)CNc1cccc(C(=O)C(C)N)c1. The van der Waals surface area contributed by atoms with Gasteiger partial charge in [-0.1, -0.05) is 38.8 Å². The molecule has 0 fully saturated rings. The van der Waals surface area contributed by atoms with Crippen LogP contribution in [0.25, 0.3) is 0 Å². The lowest BCUT2D eigenvalue weighted by Crippen LogP contribution is -2.26. The van der Waals surface area contributed by atoms with E-state index in [4.69, 9.17) is 5.73 Å². The van der Waals surface area contributed by atoms with Crippen molar-refractivity contribution < 1.29 is 4.79 Å². The molecule has 0 saturated heterocycles. The second kappa shape index (κ2) is 7.17. The first-order chi connectivity index (χ1) is 8.58. The van der Waals surface area contributed by atoms with Crippen LogP contribution >= 0.6 is 0 Å². The van der Waals surface area contributed by atoms with Gasteiger partial charge < -0.3 is 11.1 Å². The van der Waals surface area contributed by atoms with Gasteiger partial charge in [-0.3, -0.25) is 4.79 Å². The molecular weight excluding hydrogens is 224 g/mol. The molecule has 0 radical (unpaired) electrons. The third kappa shape index (κ3) is 4.15. The van der Waals surface area contributed by atoms with E-state index in [1.54, 1.807) is 6.92 Å². The van der Waals surface area contributed by atoms with Crippen molar-refractivity contribution in [2.45, 2.75) is 39.7 Å². The zero-order valence-corrected chi connectivity index (χ0v) is 11.6. The fourth-order valence-corrected chi connectivity index (χ4v) is 1.88. The van der Waals surface area contributed by atoms with Gasteiger partial charge in [0.2, 0.25) is 0 Å². The van der Waals surface area contributed by atoms with Crippen molar-refractivity contribution in [1.29, 1.82) is 0 Å². The highest BCUT2D eigenvalue weighted by atomic mass is 16.1. The molecule has 1 aromatic rings. The summed E-state index contributed by atoms with van der Waals surface area (Å²) in [5.74, 6) is 0.666. The summed E-state index contributed by atoms with van der Waals surface area (Å²) in [4.78, 5) is 11.8. The number of nitrogens with one attached hydrogen (secondary N) is 1. The summed E-state index contributed by atoms with van der Waals surface area (Å²) < 4.78 is 0. The van der Waals surface area contributed by atoms with Gasteiger partial charge in [0.1, 0.15) is 0 Å². The number of hydrogen-bond donors (Lipinski definition) is 2. The van der Waals surface area contributed by atoms with Crippen LogP contribution in [-0.4, -0.2) is 18.4 Å². The van der Waals surface area contributed by atoms with Gasteiger partial charge in [-0.05, 0) is 25.0 Å². The highest BCUT2D eigenvalue weighted by molar-refractivity contribution is 6.00. The molecule has 0 heterocycles. The van der Waals surface area contributed by atoms with E-state index in [2.05, 4.69) is 19.2 Å². The Bertz CT molecular complexity index is 384. The van der Waals surface area contributed by atoms with Gasteiger partial charge in [0.05, 0.1) is 6.04 Å². The average molecular weight is 248 g/mol. The second-order valence-corrected chi connectivity index (χ2v) is 4.80. The highest BCUT2D eigenvalue weighted by Gasteiger charge is 2.11. The fourth-order valence-electron chi connectivity index (χ4n) is 1.88. The van der Waals surface area contributed by atoms with Crippen molar-refractivity contribution in [2.75, 3.05) is 11.9 Å². The van der Waals surface area contributed by atoms with Crippen LogP contribution in [0.15, 0.2) is 24.3 Å². The molecule has 0 spiro atoms. The van der Waals surface area contributed by atoms with E-state index in [0.717, 1.165) is 12.2 Å². The third-order valence-corrected chi connectivity index (χ3v) is 3.31. The Balaban J connectivity index is 2.68. The first-order valence-electron chi connectivity index (χ1n) is 6.72. The lowest BCUT2D eigenvalue weighted by Gasteiger charge is -2.15. The molecule has 0 amide bonds. The Kier molecular flexibility index (Phi) is 5.86. The molecule has 1 unspecified atom stereocenters. The zero-order chi connectivity index (χ0) is 13.5. The number of anilines is 1. The number of nitrogens with two attached hydrogens (primary N) is 1. The molecule has 1 atom stereocenters. The monoisotopic (exact) mass is 248 g/mol. The average Bonchev–Trinajstić information content (AvgIpc) is 2.39. The molecule has 1 rings (SSSR count). The highest BCUT2D eigenvalue weighted by Crippen LogP contribution is 2.14. The predicted molar refractivity (Wildman–Crippen MR) is 77.0 cm³/mol. The molecule has 3 heteroatoms. The molecule has 3 nitrogen and oxygen atoms in total. The minimum atomic E-state index is -0.445. The second-order valence-electron chi connectivity index (χ2n) is 4.80. The summed E-state index contributed by atoms with van der Waals surface area (Å²) in [7, 11) is 0. The summed E-state index contributed by atoms with van der Waals surface area (Å²) in [6, 6.07) is 7.13. The van der Waals surface area contributed by atoms with Crippen LogP contribution in [0.4, 0.5) is 5.69 Å². The Labute approximate surface area is 110 Å². The van der Waals surface area contributed by atoms with Gasteiger partial charge in [0, 0.05) is 17.8 Å². The van der Waals surface area contributed by atoms with E-state index in [-0.39, 0.29) is 5.78 Å². The first-order valence-corrected chi connectivity index (χ1v) is 6.72. The summed E-state index contributed by atoms with van der Waals surface area (Å²) in [5.41, 5.74) is 7.29. The number of carbonyl (C=O) groups excluding carboxylic acids is 1. The van der Waals surface area contributed by atoms with Gasteiger partial charge in [-0.15, -0.1) is 0 Å². The summed E-state index contributed by atoms with van der Waals surface area (Å²) in [5, 5.41) is 3.39. The van der Waals surface area contributed by atoms with E-state index in [0.29, 0.717) is 11.5 Å². The maximum atomic E-state index is 11.8. The van der Waals surface area contributed by atoms with Gasteiger partial charge in [-0.2, -0.15) is 0 Å². The van der Waals surface area contributed by atoms with E-state index in [9.17, 15) is 4.79 Å².